The molecule has 1 saturated heterocycles. The van der Waals surface area contributed by atoms with Crippen molar-refractivity contribution in [1.29, 1.82) is 0 Å². The van der Waals surface area contributed by atoms with Gasteiger partial charge in [0.1, 0.15) is 16.1 Å². The molecule has 0 aliphatic carbocycles. The molecule has 3 nitrogen and oxygen atoms in total. The molecule has 16 heavy (non-hydrogen) atoms. The highest BCUT2D eigenvalue weighted by molar-refractivity contribution is 7.91. The Kier molecular flexibility index (Phi) is 3.10. The van der Waals surface area contributed by atoms with Gasteiger partial charge in [0, 0.05) is 5.56 Å². The summed E-state index contributed by atoms with van der Waals surface area (Å²) in [6.07, 6.45) is 2.17. The molecule has 1 fully saturated rings. The third kappa shape index (κ3) is 2.50. The first-order valence-corrected chi connectivity index (χ1v) is 7.18. The van der Waals surface area contributed by atoms with Gasteiger partial charge in [-0.25, -0.2) is 8.42 Å². The van der Waals surface area contributed by atoms with Gasteiger partial charge >= 0.3 is 0 Å². The Hall–Kier alpha value is -1.16. The van der Waals surface area contributed by atoms with Crippen molar-refractivity contribution in [2.75, 3.05) is 11.5 Å². The van der Waals surface area contributed by atoms with Crippen LogP contribution in [0.15, 0.2) is 24.3 Å². The summed E-state index contributed by atoms with van der Waals surface area (Å²) in [5.74, 6) is 0.815. The lowest BCUT2D eigenvalue weighted by Crippen LogP contribution is -2.22. The molecule has 1 aromatic carbocycles. The molecule has 0 amide bonds. The van der Waals surface area contributed by atoms with Gasteiger partial charge in [-0.1, -0.05) is 18.2 Å². The van der Waals surface area contributed by atoms with E-state index in [-0.39, 0.29) is 17.4 Å². The average molecular weight is 238 g/mol. The second kappa shape index (κ2) is 4.37. The van der Waals surface area contributed by atoms with Crippen LogP contribution in [0.25, 0.3) is 0 Å². The molecule has 0 N–H and O–H groups in total. The van der Waals surface area contributed by atoms with Gasteiger partial charge in [-0.3, -0.25) is 4.79 Å². The first-order chi connectivity index (χ1) is 7.61. The Morgan fingerprint density at radius 1 is 1.19 bits per heavy atom. The predicted molar refractivity (Wildman–Crippen MR) is 62.5 cm³/mol. The first kappa shape index (κ1) is 11.3. The second-order valence-corrected chi connectivity index (χ2v) is 6.52. The number of hydrogen-bond acceptors (Lipinski definition) is 3. The largest absolute Gasteiger partial charge is 0.298 e. The molecule has 1 heterocycles. The van der Waals surface area contributed by atoms with Gasteiger partial charge in [0.2, 0.25) is 0 Å². The molecule has 1 aliphatic rings. The molecule has 0 atom stereocenters. The van der Waals surface area contributed by atoms with Gasteiger partial charge in [-0.15, -0.1) is 0 Å². The highest BCUT2D eigenvalue weighted by atomic mass is 32.2. The van der Waals surface area contributed by atoms with Crippen molar-refractivity contribution in [2.24, 2.45) is 0 Å². The van der Waals surface area contributed by atoms with Crippen LogP contribution in [-0.4, -0.2) is 26.2 Å². The van der Waals surface area contributed by atoms with Crippen molar-refractivity contribution < 1.29 is 13.2 Å². The molecule has 2 rings (SSSR count). The minimum Gasteiger partial charge on any atom is -0.298 e. The van der Waals surface area contributed by atoms with Gasteiger partial charge in [0.25, 0.3) is 0 Å². The summed E-state index contributed by atoms with van der Waals surface area (Å²) < 4.78 is 22.6. The maximum atomic E-state index is 11.3. The SMILES string of the molecule is O=Cc1cccc(C2CCS(=O)(=O)CC2)c1. The molecule has 1 aliphatic heterocycles. The number of sulfone groups is 1. The van der Waals surface area contributed by atoms with Crippen LogP contribution in [0.1, 0.15) is 34.7 Å². The second-order valence-electron chi connectivity index (χ2n) is 4.21. The quantitative estimate of drug-likeness (QED) is 0.738. The Bertz CT molecular complexity index is 477. The van der Waals surface area contributed by atoms with Crippen LogP contribution in [-0.2, 0) is 9.84 Å². The molecular formula is C12H14O3S. The van der Waals surface area contributed by atoms with Crippen molar-refractivity contribution >= 4 is 16.1 Å². The zero-order chi connectivity index (χ0) is 11.6. The number of rotatable bonds is 2. The highest BCUT2D eigenvalue weighted by Gasteiger charge is 2.24. The van der Waals surface area contributed by atoms with Crippen LogP contribution in [0.3, 0.4) is 0 Å². The summed E-state index contributed by atoms with van der Waals surface area (Å²) in [6, 6.07) is 7.43. The number of hydrogen-bond donors (Lipinski definition) is 0. The van der Waals surface area contributed by atoms with Gasteiger partial charge in [0.15, 0.2) is 0 Å². The Morgan fingerprint density at radius 3 is 2.50 bits per heavy atom. The summed E-state index contributed by atoms with van der Waals surface area (Å²) in [5.41, 5.74) is 1.74. The van der Waals surface area contributed by atoms with Crippen LogP contribution in [0, 0.1) is 0 Å². The maximum absolute atomic E-state index is 11.3. The summed E-state index contributed by atoms with van der Waals surface area (Å²) in [4.78, 5) is 10.6. The number of aldehydes is 1. The molecule has 4 heteroatoms. The van der Waals surface area contributed by atoms with Crippen LogP contribution in [0.4, 0.5) is 0 Å². The molecule has 0 bridgehead atoms. The molecule has 0 spiro atoms. The van der Waals surface area contributed by atoms with E-state index < -0.39 is 9.84 Å². The normalized spacial score (nSPS) is 20.5. The Morgan fingerprint density at radius 2 is 1.88 bits per heavy atom. The fourth-order valence-corrected chi connectivity index (χ4v) is 3.60. The van der Waals surface area contributed by atoms with Crippen LogP contribution >= 0.6 is 0 Å². The third-order valence-corrected chi connectivity index (χ3v) is 4.79. The molecule has 0 aromatic heterocycles. The smallest absolute Gasteiger partial charge is 0.150 e. The minimum absolute atomic E-state index is 0.267. The van der Waals surface area contributed by atoms with Crippen molar-refractivity contribution in [1.82, 2.24) is 0 Å². The number of carbonyl (C=O) groups is 1. The lowest BCUT2D eigenvalue weighted by atomic mass is 9.92. The lowest BCUT2D eigenvalue weighted by molar-refractivity contribution is 0.112. The molecule has 86 valence electrons. The third-order valence-electron chi connectivity index (χ3n) is 3.07. The summed E-state index contributed by atoms with van der Waals surface area (Å²) in [5, 5.41) is 0. The fourth-order valence-electron chi connectivity index (χ4n) is 2.11. The van der Waals surface area contributed by atoms with E-state index in [0.717, 1.165) is 11.8 Å². The van der Waals surface area contributed by atoms with E-state index in [9.17, 15) is 13.2 Å². The lowest BCUT2D eigenvalue weighted by Gasteiger charge is -2.22. The first-order valence-electron chi connectivity index (χ1n) is 5.36. The van der Waals surface area contributed by atoms with Gasteiger partial charge in [-0.05, 0) is 30.4 Å². The number of carbonyl (C=O) groups excluding carboxylic acids is 1. The zero-order valence-electron chi connectivity index (χ0n) is 8.93. The summed E-state index contributed by atoms with van der Waals surface area (Å²) >= 11 is 0. The van der Waals surface area contributed by atoms with Gasteiger partial charge < -0.3 is 0 Å². The van der Waals surface area contributed by atoms with Crippen LogP contribution < -0.4 is 0 Å². The summed E-state index contributed by atoms with van der Waals surface area (Å²) in [6.45, 7) is 0. The molecule has 1 aromatic rings. The van der Waals surface area contributed by atoms with E-state index in [1.54, 1.807) is 6.07 Å². The average Bonchev–Trinajstić information content (AvgIpc) is 2.29. The molecule has 0 unspecified atom stereocenters. The van der Waals surface area contributed by atoms with E-state index in [0.29, 0.717) is 18.4 Å². The van der Waals surface area contributed by atoms with E-state index in [4.69, 9.17) is 0 Å². The highest BCUT2D eigenvalue weighted by Crippen LogP contribution is 2.29. The van der Waals surface area contributed by atoms with Crippen molar-refractivity contribution in [3.05, 3.63) is 35.4 Å². The predicted octanol–water partition coefficient (Wildman–Crippen LogP) is 1.79. The maximum Gasteiger partial charge on any atom is 0.150 e. The van der Waals surface area contributed by atoms with E-state index in [2.05, 4.69) is 0 Å². The fraction of sp³-hybridized carbons (Fsp3) is 0.417. The van der Waals surface area contributed by atoms with Crippen molar-refractivity contribution in [3.8, 4) is 0 Å². The Balaban J connectivity index is 2.16. The molecular weight excluding hydrogens is 224 g/mol. The number of benzene rings is 1. The zero-order valence-corrected chi connectivity index (χ0v) is 9.74. The summed E-state index contributed by atoms with van der Waals surface area (Å²) in [7, 11) is -2.81. The minimum atomic E-state index is -2.81. The Labute approximate surface area is 95.4 Å². The van der Waals surface area contributed by atoms with E-state index in [1.165, 1.54) is 0 Å². The van der Waals surface area contributed by atoms with E-state index in [1.807, 2.05) is 18.2 Å². The van der Waals surface area contributed by atoms with Crippen molar-refractivity contribution in [3.63, 3.8) is 0 Å². The monoisotopic (exact) mass is 238 g/mol. The van der Waals surface area contributed by atoms with Gasteiger partial charge in [-0.2, -0.15) is 0 Å². The topological polar surface area (TPSA) is 51.2 Å². The van der Waals surface area contributed by atoms with E-state index >= 15 is 0 Å². The van der Waals surface area contributed by atoms with Crippen LogP contribution in [0.2, 0.25) is 0 Å². The van der Waals surface area contributed by atoms with Crippen molar-refractivity contribution in [2.45, 2.75) is 18.8 Å². The van der Waals surface area contributed by atoms with Crippen LogP contribution in [0.5, 0.6) is 0 Å². The molecule has 0 saturated carbocycles. The van der Waals surface area contributed by atoms with Gasteiger partial charge in [0.05, 0.1) is 11.5 Å². The standard InChI is InChI=1S/C12H14O3S/c13-9-10-2-1-3-12(8-10)11-4-6-16(14,15)7-5-11/h1-3,8-9,11H,4-7H2. The molecule has 0 radical (unpaired) electrons.